The molecule has 3 unspecified atom stereocenters. The van der Waals surface area contributed by atoms with E-state index in [0.717, 1.165) is 28.1 Å². The van der Waals surface area contributed by atoms with Crippen molar-refractivity contribution in [3.8, 4) is 17.2 Å². The Morgan fingerprint density at radius 3 is 2.30 bits per heavy atom. The Labute approximate surface area is 192 Å². The molecule has 2 aromatic rings. The number of Topliss-reactive ketones (excluding diaryl/α,β-unsaturated/α-hetero) is 1. The molecule has 0 aromatic heterocycles. The van der Waals surface area contributed by atoms with Crippen molar-refractivity contribution < 1.29 is 24.1 Å². The number of aliphatic hydroxyl groups is 1. The summed E-state index contributed by atoms with van der Waals surface area (Å²) in [6.07, 6.45) is 0.129. The minimum Gasteiger partial charge on any atom is -0.497 e. The first kappa shape index (κ1) is 21.8. The van der Waals surface area contributed by atoms with Crippen LogP contribution in [0.4, 0.5) is 0 Å². The Balaban J connectivity index is 1.53. The second kappa shape index (κ2) is 8.70. The Kier molecular flexibility index (Phi) is 5.74. The highest BCUT2D eigenvalue weighted by Gasteiger charge is 2.49. The quantitative estimate of drug-likeness (QED) is 0.549. The van der Waals surface area contributed by atoms with Gasteiger partial charge in [0.05, 0.1) is 27.5 Å². The number of rotatable bonds is 5. The molecule has 4 N–H and O–H groups in total. The standard InChI is InChI=1S/C25H29N3O5/c1-31-16-7-4-13(5-8-16)21-22-17(26-24-23(21)25(30)28-27-24)10-15(11-18(22)29)14-6-9-19(32-2)20(12-14)33-3/h4-9,12,15,21,23-28,30H,10-11H2,1-3H3/t15-,21-,23?,24?,25?/m1/s1. The third-order valence-electron chi connectivity index (χ3n) is 7.02. The van der Waals surface area contributed by atoms with E-state index in [0.29, 0.717) is 24.3 Å². The zero-order valence-corrected chi connectivity index (χ0v) is 18.9. The van der Waals surface area contributed by atoms with Crippen LogP contribution in [0.5, 0.6) is 17.2 Å². The van der Waals surface area contributed by atoms with Crippen LogP contribution in [0.25, 0.3) is 0 Å². The molecule has 33 heavy (non-hydrogen) atoms. The molecule has 0 spiro atoms. The maximum atomic E-state index is 13.6. The second-order valence-corrected chi connectivity index (χ2v) is 8.72. The summed E-state index contributed by atoms with van der Waals surface area (Å²) in [5.74, 6) is 1.74. The summed E-state index contributed by atoms with van der Waals surface area (Å²) < 4.78 is 16.1. The van der Waals surface area contributed by atoms with Gasteiger partial charge in [0, 0.05) is 29.5 Å². The number of carbonyl (C=O) groups excluding carboxylic acids is 1. The molecular weight excluding hydrogens is 422 g/mol. The summed E-state index contributed by atoms with van der Waals surface area (Å²) in [6, 6.07) is 13.6. The third kappa shape index (κ3) is 3.74. The van der Waals surface area contributed by atoms with Crippen LogP contribution in [0.15, 0.2) is 53.7 Å². The highest BCUT2D eigenvalue weighted by molar-refractivity contribution is 5.99. The Hall–Kier alpha value is -3.07. The van der Waals surface area contributed by atoms with Crippen LogP contribution in [-0.4, -0.2) is 44.6 Å². The number of fused-ring (bicyclic) bond motifs is 1. The van der Waals surface area contributed by atoms with E-state index < -0.39 is 6.23 Å². The second-order valence-electron chi connectivity index (χ2n) is 8.72. The van der Waals surface area contributed by atoms with Crippen molar-refractivity contribution in [3.63, 3.8) is 0 Å². The van der Waals surface area contributed by atoms with Crippen molar-refractivity contribution in [2.24, 2.45) is 5.92 Å². The SMILES string of the molecule is COc1ccc([C@@H]2C3=C(C[C@@H](c4ccc(OC)c(OC)c4)CC3=O)NC3NNC(O)C32)cc1. The molecule has 0 bridgehead atoms. The smallest absolute Gasteiger partial charge is 0.161 e. The number of nitrogens with one attached hydrogen (secondary N) is 3. The summed E-state index contributed by atoms with van der Waals surface area (Å²) in [6.45, 7) is 0. The van der Waals surface area contributed by atoms with Gasteiger partial charge in [-0.25, -0.2) is 10.9 Å². The average molecular weight is 452 g/mol. The zero-order chi connectivity index (χ0) is 23.1. The van der Waals surface area contributed by atoms with Gasteiger partial charge < -0.3 is 24.6 Å². The highest BCUT2D eigenvalue weighted by atomic mass is 16.5. The van der Waals surface area contributed by atoms with Crippen molar-refractivity contribution in [3.05, 3.63) is 64.9 Å². The van der Waals surface area contributed by atoms with Gasteiger partial charge in [-0.05, 0) is 47.7 Å². The number of allylic oxidation sites excluding steroid dienone is 2. The molecule has 1 saturated heterocycles. The Bertz CT molecular complexity index is 1080. The molecule has 5 atom stereocenters. The van der Waals surface area contributed by atoms with Gasteiger partial charge in [0.25, 0.3) is 0 Å². The predicted octanol–water partition coefficient (Wildman–Crippen LogP) is 2.17. The summed E-state index contributed by atoms with van der Waals surface area (Å²) >= 11 is 0. The first-order chi connectivity index (χ1) is 16.0. The number of aliphatic hydroxyl groups excluding tert-OH is 1. The lowest BCUT2D eigenvalue weighted by Gasteiger charge is -2.42. The van der Waals surface area contributed by atoms with E-state index in [9.17, 15) is 9.90 Å². The molecule has 2 heterocycles. The maximum absolute atomic E-state index is 13.6. The van der Waals surface area contributed by atoms with Gasteiger partial charge in [-0.3, -0.25) is 4.79 Å². The molecule has 1 fully saturated rings. The van der Waals surface area contributed by atoms with E-state index in [1.807, 2.05) is 42.5 Å². The third-order valence-corrected chi connectivity index (χ3v) is 7.02. The van der Waals surface area contributed by atoms with Gasteiger partial charge in [0.2, 0.25) is 0 Å². The molecule has 0 radical (unpaired) electrons. The van der Waals surface area contributed by atoms with E-state index in [1.165, 1.54) is 0 Å². The van der Waals surface area contributed by atoms with Crippen LogP contribution >= 0.6 is 0 Å². The fraction of sp³-hybridized carbons (Fsp3) is 0.400. The molecule has 0 amide bonds. The van der Waals surface area contributed by atoms with Crippen molar-refractivity contribution in [1.82, 2.24) is 16.2 Å². The van der Waals surface area contributed by atoms with Gasteiger partial charge in [-0.15, -0.1) is 0 Å². The lowest BCUT2D eigenvalue weighted by Crippen LogP contribution is -2.51. The first-order valence-electron chi connectivity index (χ1n) is 11.1. The van der Waals surface area contributed by atoms with Crippen LogP contribution in [0.2, 0.25) is 0 Å². The molecule has 2 aliphatic heterocycles. The minimum absolute atomic E-state index is 0.0240. The summed E-state index contributed by atoms with van der Waals surface area (Å²) in [5.41, 5.74) is 9.80. The average Bonchev–Trinajstić information content (AvgIpc) is 3.22. The highest BCUT2D eigenvalue weighted by Crippen LogP contribution is 2.48. The molecular formula is C25H29N3O5. The molecule has 3 aliphatic rings. The molecule has 5 rings (SSSR count). The number of hydrogen-bond acceptors (Lipinski definition) is 8. The van der Waals surface area contributed by atoms with Crippen molar-refractivity contribution in [1.29, 1.82) is 0 Å². The number of hydrazine groups is 1. The van der Waals surface area contributed by atoms with E-state index in [2.05, 4.69) is 16.2 Å². The van der Waals surface area contributed by atoms with Crippen LogP contribution in [0.3, 0.4) is 0 Å². The number of hydrogen-bond donors (Lipinski definition) is 4. The van der Waals surface area contributed by atoms with E-state index in [4.69, 9.17) is 14.2 Å². The fourth-order valence-corrected chi connectivity index (χ4v) is 5.41. The van der Waals surface area contributed by atoms with Gasteiger partial charge >= 0.3 is 0 Å². The molecule has 0 saturated carbocycles. The van der Waals surface area contributed by atoms with Crippen LogP contribution in [-0.2, 0) is 4.79 Å². The summed E-state index contributed by atoms with van der Waals surface area (Å²) in [5, 5.41) is 14.2. The van der Waals surface area contributed by atoms with Crippen molar-refractivity contribution in [2.45, 2.75) is 37.1 Å². The molecule has 8 heteroatoms. The normalized spacial score (nSPS) is 28.6. The molecule has 8 nitrogen and oxygen atoms in total. The number of benzene rings is 2. The molecule has 2 aromatic carbocycles. The predicted molar refractivity (Wildman–Crippen MR) is 122 cm³/mol. The Morgan fingerprint density at radius 2 is 1.61 bits per heavy atom. The Morgan fingerprint density at radius 1 is 0.879 bits per heavy atom. The van der Waals surface area contributed by atoms with Gasteiger partial charge in [0.1, 0.15) is 12.0 Å². The lowest BCUT2D eigenvalue weighted by molar-refractivity contribution is -0.117. The van der Waals surface area contributed by atoms with E-state index >= 15 is 0 Å². The number of ketones is 1. The minimum atomic E-state index is -0.778. The maximum Gasteiger partial charge on any atom is 0.161 e. The van der Waals surface area contributed by atoms with Gasteiger partial charge in [0.15, 0.2) is 17.3 Å². The lowest BCUT2D eigenvalue weighted by atomic mass is 9.69. The summed E-state index contributed by atoms with van der Waals surface area (Å²) in [4.78, 5) is 13.6. The van der Waals surface area contributed by atoms with Crippen molar-refractivity contribution in [2.75, 3.05) is 21.3 Å². The molecule has 174 valence electrons. The fourth-order valence-electron chi connectivity index (χ4n) is 5.41. The summed E-state index contributed by atoms with van der Waals surface area (Å²) in [7, 11) is 4.85. The number of ether oxygens (including phenoxy) is 3. The number of carbonyl (C=O) groups is 1. The van der Waals surface area contributed by atoms with Crippen LogP contribution in [0, 0.1) is 5.92 Å². The van der Waals surface area contributed by atoms with Crippen LogP contribution in [0.1, 0.15) is 35.8 Å². The first-order valence-corrected chi connectivity index (χ1v) is 11.1. The monoisotopic (exact) mass is 451 g/mol. The largest absolute Gasteiger partial charge is 0.497 e. The van der Waals surface area contributed by atoms with Gasteiger partial charge in [-0.2, -0.15) is 0 Å². The van der Waals surface area contributed by atoms with Crippen molar-refractivity contribution >= 4 is 5.78 Å². The molecule has 1 aliphatic carbocycles. The van der Waals surface area contributed by atoms with Gasteiger partial charge in [-0.1, -0.05) is 18.2 Å². The van der Waals surface area contributed by atoms with Crippen LogP contribution < -0.4 is 30.4 Å². The number of methoxy groups -OCH3 is 3. The zero-order valence-electron chi connectivity index (χ0n) is 18.9. The van der Waals surface area contributed by atoms with E-state index in [1.54, 1.807) is 21.3 Å². The van der Waals surface area contributed by atoms with E-state index in [-0.39, 0.29) is 29.7 Å². The topological polar surface area (TPSA) is 101 Å².